The molecule has 4 aromatic carbocycles. The van der Waals surface area contributed by atoms with Gasteiger partial charge in [0.05, 0.1) is 23.0 Å². The van der Waals surface area contributed by atoms with Crippen molar-refractivity contribution in [2.45, 2.75) is 37.4 Å². The van der Waals surface area contributed by atoms with Gasteiger partial charge in [0, 0.05) is 10.7 Å². The van der Waals surface area contributed by atoms with Gasteiger partial charge in [0.25, 0.3) is 0 Å². The number of ketones is 1. The number of rotatable bonds is 12. The number of alkyl halides is 8. The fourth-order valence-corrected chi connectivity index (χ4v) is 5.98. The lowest BCUT2D eigenvalue weighted by molar-refractivity contribution is -0.140. The topological polar surface area (TPSA) is 35.5 Å². The second kappa shape index (κ2) is 14.6. The Balaban J connectivity index is 1.62. The summed E-state index contributed by atoms with van der Waals surface area (Å²) in [5, 5.41) is -0.109. The van der Waals surface area contributed by atoms with Crippen LogP contribution in [0.25, 0.3) is 0 Å². The first-order valence-electron chi connectivity index (χ1n) is 13.3. The molecule has 2 unspecified atom stereocenters. The van der Waals surface area contributed by atoms with Gasteiger partial charge in [-0.3, -0.25) is 4.79 Å². The van der Waals surface area contributed by atoms with Crippen LogP contribution in [0.4, 0.5) is 26.3 Å². The molecule has 0 radical (unpaired) electrons. The molecule has 0 aliphatic carbocycles. The summed E-state index contributed by atoms with van der Waals surface area (Å²) >= 11 is 6.46. The predicted molar refractivity (Wildman–Crippen MR) is 163 cm³/mol. The number of Topliss-reactive ketones (excluding diaryl/α,β-unsaturated/α-hetero) is 1. The second-order valence-electron chi connectivity index (χ2n) is 9.87. The highest BCUT2D eigenvalue weighted by atomic mass is 79.9. The minimum atomic E-state index is -4.78. The first kappa shape index (κ1) is 33.6. The number of hydrogen-bond acceptors (Lipinski definition) is 3. The molecule has 0 spiro atoms. The molecular weight excluding hydrogens is 718 g/mol. The largest absolute Gasteiger partial charge is 0.488 e. The zero-order valence-electron chi connectivity index (χ0n) is 23.0. The number of hydrogen-bond donors (Lipinski definition) is 0. The Morgan fingerprint density at radius 2 is 0.955 bits per heavy atom. The molecule has 3 nitrogen and oxygen atoms in total. The van der Waals surface area contributed by atoms with Crippen molar-refractivity contribution in [2.75, 3.05) is 10.7 Å². The van der Waals surface area contributed by atoms with Crippen LogP contribution in [0.1, 0.15) is 45.2 Å². The van der Waals surface area contributed by atoms with Gasteiger partial charge in [0.1, 0.15) is 30.5 Å². The number of benzene rings is 4. The molecule has 0 fully saturated rings. The van der Waals surface area contributed by atoms with Gasteiger partial charge in [-0.15, -0.1) is 0 Å². The minimum Gasteiger partial charge on any atom is -0.488 e. The predicted octanol–water partition coefficient (Wildman–Crippen LogP) is 10.1. The zero-order chi connectivity index (χ0) is 31.9. The fraction of sp³-hybridized carbons (Fsp3) is 0.242. The highest BCUT2D eigenvalue weighted by Gasteiger charge is 2.38. The average molecular weight is 744 g/mol. The molecule has 44 heavy (non-hydrogen) atoms. The number of carbonyl (C=O) groups is 1. The van der Waals surface area contributed by atoms with Crippen LogP contribution in [0.2, 0.25) is 0 Å². The van der Waals surface area contributed by atoms with E-state index < -0.39 is 52.6 Å². The molecule has 0 amide bonds. The van der Waals surface area contributed by atoms with E-state index in [0.29, 0.717) is 11.1 Å². The summed E-state index contributed by atoms with van der Waals surface area (Å²) in [5.41, 5.74) is -0.660. The third kappa shape index (κ3) is 8.44. The van der Waals surface area contributed by atoms with E-state index in [0.717, 1.165) is 24.3 Å². The smallest absolute Gasteiger partial charge is 0.419 e. The summed E-state index contributed by atoms with van der Waals surface area (Å²) in [4.78, 5) is 13.7. The van der Waals surface area contributed by atoms with Crippen molar-refractivity contribution in [3.63, 3.8) is 0 Å². The number of carbonyl (C=O) groups excluding carboxylic acids is 1. The highest BCUT2D eigenvalue weighted by Crippen LogP contribution is 2.42. The van der Waals surface area contributed by atoms with Crippen LogP contribution < -0.4 is 9.47 Å². The van der Waals surface area contributed by atoms with E-state index in [1.165, 1.54) is 12.1 Å². The minimum absolute atomic E-state index is 0.0519. The maximum absolute atomic E-state index is 14.1. The summed E-state index contributed by atoms with van der Waals surface area (Å²) in [6.45, 7) is -0.190. The summed E-state index contributed by atoms with van der Waals surface area (Å²) in [6, 6.07) is 24.1. The van der Waals surface area contributed by atoms with E-state index in [1.807, 2.05) is 0 Å². The molecule has 232 valence electrons. The molecule has 4 rings (SSSR count). The van der Waals surface area contributed by atoms with Crippen LogP contribution in [-0.4, -0.2) is 16.4 Å². The molecule has 4 aromatic rings. The Bertz CT molecular complexity index is 1430. The van der Waals surface area contributed by atoms with Crippen molar-refractivity contribution in [1.82, 2.24) is 0 Å². The standard InChI is InChI=1S/C33H26Br2F6O3/c34-17-25(23-11-13-29(27(15-23)32(36,37)38)43-19-21-7-3-1-4-8-21)31(42)26(18-35)24-12-14-30(28(16-24)33(39,40)41)44-20-22-9-5-2-6-10-22/h1-16,25-26H,17-20H2. The van der Waals surface area contributed by atoms with Crippen molar-refractivity contribution >= 4 is 37.6 Å². The molecule has 0 aliphatic rings. The first-order valence-corrected chi connectivity index (χ1v) is 15.6. The van der Waals surface area contributed by atoms with Crippen LogP contribution >= 0.6 is 31.9 Å². The van der Waals surface area contributed by atoms with E-state index >= 15 is 0 Å². The molecule has 0 N–H and O–H groups in total. The average Bonchev–Trinajstić information content (AvgIpc) is 3.00. The summed E-state index contributed by atoms with van der Waals surface area (Å²) in [5.74, 6) is -3.54. The quantitative estimate of drug-likeness (QED) is 0.107. The molecule has 2 atom stereocenters. The molecule has 11 heteroatoms. The highest BCUT2D eigenvalue weighted by molar-refractivity contribution is 9.09. The summed E-state index contributed by atoms with van der Waals surface area (Å²) in [7, 11) is 0. The second-order valence-corrected chi connectivity index (χ2v) is 11.2. The monoisotopic (exact) mass is 742 g/mol. The lowest BCUT2D eigenvalue weighted by atomic mass is 9.84. The van der Waals surface area contributed by atoms with E-state index in [4.69, 9.17) is 9.47 Å². The van der Waals surface area contributed by atoms with Gasteiger partial charge in [-0.1, -0.05) is 105 Å². The van der Waals surface area contributed by atoms with Crippen LogP contribution in [0.5, 0.6) is 11.5 Å². The molecule has 0 saturated carbocycles. The van der Waals surface area contributed by atoms with Crippen LogP contribution in [0.3, 0.4) is 0 Å². The molecule has 0 saturated heterocycles. The van der Waals surface area contributed by atoms with Crippen LogP contribution in [-0.2, 0) is 30.4 Å². The van der Waals surface area contributed by atoms with Gasteiger partial charge in [0.15, 0.2) is 0 Å². The van der Waals surface area contributed by atoms with Crippen molar-refractivity contribution in [2.24, 2.45) is 0 Å². The molecule has 0 heterocycles. The maximum Gasteiger partial charge on any atom is 0.419 e. The van der Waals surface area contributed by atoms with Crippen LogP contribution in [0.15, 0.2) is 97.1 Å². The van der Waals surface area contributed by atoms with E-state index in [-0.39, 0.29) is 35.0 Å². The van der Waals surface area contributed by atoms with Gasteiger partial charge < -0.3 is 9.47 Å². The maximum atomic E-state index is 14.1. The Labute approximate surface area is 267 Å². The lowest BCUT2D eigenvalue weighted by Crippen LogP contribution is -2.24. The molecular formula is C33H26Br2F6O3. The first-order chi connectivity index (χ1) is 20.9. The van der Waals surface area contributed by atoms with Crippen LogP contribution in [0, 0.1) is 0 Å². The van der Waals surface area contributed by atoms with Crippen molar-refractivity contribution in [3.05, 3.63) is 130 Å². The van der Waals surface area contributed by atoms with Crippen molar-refractivity contribution in [3.8, 4) is 11.5 Å². The van der Waals surface area contributed by atoms with Gasteiger partial charge >= 0.3 is 12.4 Å². The normalized spacial score (nSPS) is 13.3. The Hall–Kier alpha value is -3.31. The SMILES string of the molecule is O=C(C(CBr)c1ccc(OCc2ccccc2)c(C(F)(F)F)c1)C(CBr)c1ccc(OCc2ccccc2)c(C(F)(F)F)c1. The zero-order valence-corrected chi connectivity index (χ0v) is 26.1. The van der Waals surface area contributed by atoms with Crippen molar-refractivity contribution < 1.29 is 40.6 Å². The van der Waals surface area contributed by atoms with E-state index in [2.05, 4.69) is 31.9 Å². The lowest BCUT2D eigenvalue weighted by Gasteiger charge is -2.23. The van der Waals surface area contributed by atoms with Crippen molar-refractivity contribution in [1.29, 1.82) is 0 Å². The molecule has 0 bridgehead atoms. The Kier molecular flexibility index (Phi) is 11.2. The van der Waals surface area contributed by atoms with Gasteiger partial charge in [-0.2, -0.15) is 26.3 Å². The van der Waals surface area contributed by atoms with E-state index in [1.54, 1.807) is 60.7 Å². The van der Waals surface area contributed by atoms with E-state index in [9.17, 15) is 31.1 Å². The third-order valence-corrected chi connectivity index (χ3v) is 8.19. The summed E-state index contributed by atoms with van der Waals surface area (Å²) in [6.07, 6.45) is -9.57. The molecule has 0 aromatic heterocycles. The Morgan fingerprint density at radius 3 is 1.27 bits per heavy atom. The number of halogens is 8. The van der Waals surface area contributed by atoms with Gasteiger partial charge in [-0.25, -0.2) is 0 Å². The molecule has 0 aliphatic heterocycles. The fourth-order valence-electron chi connectivity index (χ4n) is 4.60. The van der Waals surface area contributed by atoms with Gasteiger partial charge in [0.2, 0.25) is 0 Å². The Morgan fingerprint density at radius 1 is 0.591 bits per heavy atom. The summed E-state index contributed by atoms with van der Waals surface area (Å²) < 4.78 is 95.4. The third-order valence-electron chi connectivity index (χ3n) is 6.89. The number of ether oxygens (including phenoxy) is 2. The van der Waals surface area contributed by atoms with Gasteiger partial charge in [-0.05, 0) is 46.5 Å².